The Hall–Kier alpha value is -1.37. The molecule has 0 fully saturated rings. The highest BCUT2D eigenvalue weighted by Gasteiger charge is 2.22. The summed E-state index contributed by atoms with van der Waals surface area (Å²) in [6.07, 6.45) is 1.97. The van der Waals surface area contributed by atoms with E-state index in [1.54, 1.807) is 30.5 Å². The van der Waals surface area contributed by atoms with Crippen LogP contribution in [0.1, 0.15) is 17.5 Å². The van der Waals surface area contributed by atoms with Crippen molar-refractivity contribution < 1.29 is 8.42 Å². The minimum absolute atomic E-state index is 0.377. The van der Waals surface area contributed by atoms with Gasteiger partial charge in [-0.3, -0.25) is 0 Å². The van der Waals surface area contributed by atoms with Gasteiger partial charge in [-0.25, -0.2) is 8.42 Å². The lowest BCUT2D eigenvalue weighted by Crippen LogP contribution is -2.26. The van der Waals surface area contributed by atoms with Crippen LogP contribution in [0.5, 0.6) is 0 Å². The molecule has 0 saturated carbocycles. The van der Waals surface area contributed by atoms with E-state index in [1.165, 1.54) is 4.31 Å². The summed E-state index contributed by atoms with van der Waals surface area (Å²) in [6, 6.07) is 7.32. The summed E-state index contributed by atoms with van der Waals surface area (Å²) >= 11 is 1.58. The maximum Gasteiger partial charge on any atom is 0.243 e. The quantitative estimate of drug-likeness (QED) is 0.941. The van der Waals surface area contributed by atoms with E-state index in [-0.39, 0.29) is 0 Å². The average molecular weight is 322 g/mol. The van der Waals surface area contributed by atoms with Crippen LogP contribution in [0.2, 0.25) is 0 Å². The normalized spacial score (nSPS) is 14.8. The van der Waals surface area contributed by atoms with Crippen LogP contribution in [0, 0.1) is 0 Å². The minimum Gasteiger partial charge on any atom is -0.385 e. The van der Waals surface area contributed by atoms with Gasteiger partial charge in [-0.15, -0.1) is 0 Å². The molecule has 112 valence electrons. The SMILES string of the molecule is CN(Cc1ccsc1)S(=O)(=O)c1ccc2c(c1)CCCN2. The fraction of sp³-hybridized carbons (Fsp3) is 0.333. The van der Waals surface area contributed by atoms with Crippen LogP contribution in [0.15, 0.2) is 39.9 Å². The molecule has 21 heavy (non-hydrogen) atoms. The van der Waals surface area contributed by atoms with Gasteiger partial charge in [0.25, 0.3) is 0 Å². The second-order valence-electron chi connectivity index (χ2n) is 5.24. The average Bonchev–Trinajstić information content (AvgIpc) is 2.99. The van der Waals surface area contributed by atoms with E-state index in [1.807, 2.05) is 22.9 Å². The molecule has 4 nitrogen and oxygen atoms in total. The van der Waals surface area contributed by atoms with Gasteiger partial charge in [0.05, 0.1) is 4.90 Å². The lowest BCUT2D eigenvalue weighted by atomic mass is 10.0. The predicted octanol–water partition coefficient (Wildman–Crippen LogP) is 2.93. The Balaban J connectivity index is 1.87. The molecule has 2 heterocycles. The number of nitrogens with one attached hydrogen (secondary N) is 1. The number of sulfonamides is 1. The number of hydrogen-bond donors (Lipinski definition) is 1. The molecule has 0 saturated heterocycles. The number of aryl methyl sites for hydroxylation is 1. The highest BCUT2D eigenvalue weighted by Crippen LogP contribution is 2.26. The van der Waals surface area contributed by atoms with Gasteiger partial charge in [0, 0.05) is 25.8 Å². The van der Waals surface area contributed by atoms with Crippen molar-refractivity contribution in [3.63, 3.8) is 0 Å². The number of benzene rings is 1. The van der Waals surface area contributed by atoms with Crippen molar-refractivity contribution in [3.05, 3.63) is 46.2 Å². The van der Waals surface area contributed by atoms with E-state index in [0.29, 0.717) is 11.4 Å². The first-order valence-electron chi connectivity index (χ1n) is 6.91. The molecule has 1 aromatic carbocycles. The number of fused-ring (bicyclic) bond motifs is 1. The van der Waals surface area contributed by atoms with Crippen LogP contribution in [0.3, 0.4) is 0 Å². The molecule has 0 spiro atoms. The highest BCUT2D eigenvalue weighted by atomic mass is 32.2. The lowest BCUT2D eigenvalue weighted by Gasteiger charge is -2.21. The van der Waals surface area contributed by atoms with Gasteiger partial charge >= 0.3 is 0 Å². The number of thiophene rings is 1. The molecule has 2 aromatic rings. The van der Waals surface area contributed by atoms with Gasteiger partial charge in [-0.1, -0.05) is 0 Å². The lowest BCUT2D eigenvalue weighted by molar-refractivity contribution is 0.467. The largest absolute Gasteiger partial charge is 0.385 e. The van der Waals surface area contributed by atoms with Gasteiger partial charge in [-0.05, 0) is 59.0 Å². The molecule has 3 rings (SSSR count). The fourth-order valence-corrected chi connectivity index (χ4v) is 4.39. The van der Waals surface area contributed by atoms with Gasteiger partial charge in [0.1, 0.15) is 0 Å². The Morgan fingerprint density at radius 1 is 1.33 bits per heavy atom. The molecular formula is C15H18N2O2S2. The van der Waals surface area contributed by atoms with E-state index < -0.39 is 10.0 Å². The van der Waals surface area contributed by atoms with E-state index >= 15 is 0 Å². The van der Waals surface area contributed by atoms with Crippen LogP contribution in [0.25, 0.3) is 0 Å². The standard InChI is InChI=1S/C15H18N2O2S2/c1-17(10-12-6-8-20-11-12)21(18,19)14-4-5-15-13(9-14)3-2-7-16-15/h4-6,8-9,11,16H,2-3,7,10H2,1H3. The molecule has 1 aliphatic rings. The highest BCUT2D eigenvalue weighted by molar-refractivity contribution is 7.89. The molecule has 0 atom stereocenters. The number of nitrogens with zero attached hydrogens (tertiary/aromatic N) is 1. The van der Waals surface area contributed by atoms with E-state index in [9.17, 15) is 8.42 Å². The minimum atomic E-state index is -3.44. The smallest absolute Gasteiger partial charge is 0.243 e. The Kier molecular flexibility index (Phi) is 4.01. The summed E-state index contributed by atoms with van der Waals surface area (Å²) in [5, 5.41) is 7.23. The van der Waals surface area contributed by atoms with Crippen LogP contribution in [-0.2, 0) is 23.0 Å². The first-order valence-corrected chi connectivity index (χ1v) is 9.30. The van der Waals surface area contributed by atoms with Gasteiger partial charge < -0.3 is 5.32 Å². The second kappa shape index (κ2) is 5.79. The Morgan fingerprint density at radius 3 is 2.95 bits per heavy atom. The summed E-state index contributed by atoms with van der Waals surface area (Å²) in [7, 11) is -1.81. The van der Waals surface area contributed by atoms with Crippen molar-refractivity contribution in [1.29, 1.82) is 0 Å². The van der Waals surface area contributed by atoms with Gasteiger partial charge in [0.2, 0.25) is 10.0 Å². The molecule has 0 radical (unpaired) electrons. The first kappa shape index (κ1) is 14.6. The molecule has 1 N–H and O–H groups in total. The van der Waals surface area contributed by atoms with Crippen LogP contribution in [-0.4, -0.2) is 26.3 Å². The zero-order chi connectivity index (χ0) is 14.9. The van der Waals surface area contributed by atoms with Crippen molar-refractivity contribution in [2.75, 3.05) is 18.9 Å². The Bertz CT molecular complexity index is 724. The van der Waals surface area contributed by atoms with E-state index in [2.05, 4.69) is 5.32 Å². The maximum absolute atomic E-state index is 12.7. The number of rotatable bonds is 4. The van der Waals surface area contributed by atoms with Crippen LogP contribution >= 0.6 is 11.3 Å². The van der Waals surface area contributed by atoms with Crippen molar-refractivity contribution >= 4 is 27.0 Å². The Morgan fingerprint density at radius 2 is 2.19 bits per heavy atom. The molecule has 1 aromatic heterocycles. The van der Waals surface area contributed by atoms with E-state index in [4.69, 9.17) is 0 Å². The molecule has 0 aliphatic carbocycles. The number of hydrogen-bond acceptors (Lipinski definition) is 4. The molecule has 0 bridgehead atoms. The molecule has 0 unspecified atom stereocenters. The molecular weight excluding hydrogens is 304 g/mol. The summed E-state index contributed by atoms with van der Waals surface area (Å²) in [5.74, 6) is 0. The third-order valence-corrected chi connectivity index (χ3v) is 6.24. The molecule has 1 aliphatic heterocycles. The third-order valence-electron chi connectivity index (χ3n) is 3.71. The summed E-state index contributed by atoms with van der Waals surface area (Å²) in [4.78, 5) is 0.377. The van der Waals surface area contributed by atoms with Crippen LogP contribution in [0.4, 0.5) is 5.69 Å². The topological polar surface area (TPSA) is 49.4 Å². The molecule has 6 heteroatoms. The summed E-state index contributed by atoms with van der Waals surface area (Å²) < 4.78 is 26.7. The van der Waals surface area contributed by atoms with Crippen molar-refractivity contribution in [2.45, 2.75) is 24.3 Å². The first-order chi connectivity index (χ1) is 10.1. The van der Waals surface area contributed by atoms with Gasteiger partial charge in [-0.2, -0.15) is 15.6 Å². The zero-order valence-corrected chi connectivity index (χ0v) is 13.5. The van der Waals surface area contributed by atoms with E-state index in [0.717, 1.165) is 36.2 Å². The van der Waals surface area contributed by atoms with Crippen molar-refractivity contribution in [1.82, 2.24) is 4.31 Å². The number of anilines is 1. The summed E-state index contributed by atoms with van der Waals surface area (Å²) in [6.45, 7) is 1.36. The van der Waals surface area contributed by atoms with Gasteiger partial charge in [0.15, 0.2) is 0 Å². The van der Waals surface area contributed by atoms with Crippen LogP contribution < -0.4 is 5.32 Å². The Labute approximate surface area is 129 Å². The summed E-state index contributed by atoms with van der Waals surface area (Å²) in [5.41, 5.74) is 3.16. The maximum atomic E-state index is 12.7. The predicted molar refractivity (Wildman–Crippen MR) is 86.2 cm³/mol. The van der Waals surface area contributed by atoms with Crippen molar-refractivity contribution in [3.8, 4) is 0 Å². The zero-order valence-electron chi connectivity index (χ0n) is 11.9. The monoisotopic (exact) mass is 322 g/mol. The third kappa shape index (κ3) is 2.97. The fourth-order valence-electron chi connectivity index (χ4n) is 2.52. The van der Waals surface area contributed by atoms with Crippen molar-refractivity contribution in [2.24, 2.45) is 0 Å². The second-order valence-corrected chi connectivity index (χ2v) is 8.07. The molecule has 0 amide bonds.